The first-order chi connectivity index (χ1) is 11.7. The highest BCUT2D eigenvalue weighted by Crippen LogP contribution is 2.22. The van der Waals surface area contributed by atoms with Gasteiger partial charge in [0, 0.05) is 32.2 Å². The van der Waals surface area contributed by atoms with Crippen molar-refractivity contribution in [3.8, 4) is 0 Å². The number of likely N-dealkylation sites (N-methyl/N-ethyl adjacent to an activating group) is 1. The molecule has 2 aromatic rings. The highest BCUT2D eigenvalue weighted by atomic mass is 16.5. The summed E-state index contributed by atoms with van der Waals surface area (Å²) in [5.41, 5.74) is 1.13. The van der Waals surface area contributed by atoms with Crippen LogP contribution in [0.4, 0.5) is 17.3 Å². The monoisotopic (exact) mass is 327 g/mol. The van der Waals surface area contributed by atoms with E-state index in [1.54, 1.807) is 12.1 Å². The van der Waals surface area contributed by atoms with Gasteiger partial charge in [0.05, 0.1) is 18.4 Å². The summed E-state index contributed by atoms with van der Waals surface area (Å²) in [6.07, 6.45) is 1.54. The topological polar surface area (TPSA) is 70.6 Å². The number of anilines is 3. The fourth-order valence-electron chi connectivity index (χ4n) is 2.64. The van der Waals surface area contributed by atoms with Gasteiger partial charge >= 0.3 is 5.97 Å². The minimum atomic E-state index is -0.383. The average molecular weight is 327 g/mol. The van der Waals surface area contributed by atoms with Crippen molar-refractivity contribution in [1.82, 2.24) is 14.9 Å². The first-order valence-corrected chi connectivity index (χ1v) is 7.87. The van der Waals surface area contributed by atoms with Crippen LogP contribution in [-0.4, -0.2) is 61.2 Å². The summed E-state index contributed by atoms with van der Waals surface area (Å²) in [5.74, 6) is 1.15. The third kappa shape index (κ3) is 3.62. The van der Waals surface area contributed by atoms with Gasteiger partial charge in [-0.2, -0.15) is 0 Å². The molecule has 1 aliphatic rings. The molecule has 0 bridgehead atoms. The number of hydrogen-bond donors (Lipinski definition) is 1. The summed E-state index contributed by atoms with van der Waals surface area (Å²) >= 11 is 0. The van der Waals surface area contributed by atoms with Crippen LogP contribution >= 0.6 is 0 Å². The lowest BCUT2D eigenvalue weighted by Gasteiger charge is -2.33. The number of hydrogen-bond acceptors (Lipinski definition) is 7. The van der Waals surface area contributed by atoms with Gasteiger partial charge in [-0.15, -0.1) is 0 Å². The first kappa shape index (κ1) is 16.2. The highest BCUT2D eigenvalue weighted by molar-refractivity contribution is 5.96. The molecule has 0 spiro atoms. The predicted molar refractivity (Wildman–Crippen MR) is 92.8 cm³/mol. The summed E-state index contributed by atoms with van der Waals surface area (Å²) in [6.45, 7) is 3.90. The lowest BCUT2D eigenvalue weighted by Crippen LogP contribution is -2.44. The van der Waals surface area contributed by atoms with E-state index in [9.17, 15) is 4.79 Å². The van der Waals surface area contributed by atoms with E-state index >= 15 is 0 Å². The van der Waals surface area contributed by atoms with Gasteiger partial charge in [-0.25, -0.2) is 14.8 Å². The molecule has 0 radical (unpaired) electrons. The minimum absolute atomic E-state index is 0.383. The number of aromatic nitrogens is 2. The van der Waals surface area contributed by atoms with Crippen molar-refractivity contribution in [2.75, 3.05) is 50.6 Å². The smallest absolute Gasteiger partial charge is 0.339 e. The summed E-state index contributed by atoms with van der Waals surface area (Å²) in [5, 5.41) is 3.19. The second-order valence-corrected chi connectivity index (χ2v) is 5.71. The molecule has 3 rings (SSSR count). The molecule has 1 N–H and O–H groups in total. The van der Waals surface area contributed by atoms with Crippen LogP contribution in [0, 0.1) is 0 Å². The van der Waals surface area contributed by atoms with Gasteiger partial charge in [-0.05, 0) is 19.2 Å². The van der Waals surface area contributed by atoms with E-state index in [-0.39, 0.29) is 5.97 Å². The van der Waals surface area contributed by atoms with Crippen molar-refractivity contribution in [3.05, 3.63) is 42.2 Å². The number of benzene rings is 1. The van der Waals surface area contributed by atoms with Gasteiger partial charge in [0.1, 0.15) is 18.0 Å². The third-order valence-electron chi connectivity index (χ3n) is 4.08. The molecule has 1 saturated heterocycles. The molecule has 1 aliphatic heterocycles. The fourth-order valence-corrected chi connectivity index (χ4v) is 2.64. The van der Waals surface area contributed by atoms with Crippen LogP contribution in [0.1, 0.15) is 10.4 Å². The molecule has 0 aliphatic carbocycles. The Balaban J connectivity index is 1.79. The van der Waals surface area contributed by atoms with Crippen LogP contribution in [0.3, 0.4) is 0 Å². The van der Waals surface area contributed by atoms with Gasteiger partial charge in [-0.1, -0.05) is 12.1 Å². The second-order valence-electron chi connectivity index (χ2n) is 5.71. The SMILES string of the molecule is COC(=O)c1ccccc1Nc1cc(N2CCN(C)CC2)ncn1. The number of nitrogens with one attached hydrogen (secondary N) is 1. The van der Waals surface area contributed by atoms with E-state index in [1.807, 2.05) is 18.2 Å². The molecular weight excluding hydrogens is 306 g/mol. The average Bonchev–Trinajstić information content (AvgIpc) is 2.62. The maximum atomic E-state index is 11.9. The number of para-hydroxylation sites is 1. The Bertz CT molecular complexity index is 714. The lowest BCUT2D eigenvalue weighted by molar-refractivity contribution is 0.0602. The van der Waals surface area contributed by atoms with Gasteiger partial charge in [0.2, 0.25) is 0 Å². The first-order valence-electron chi connectivity index (χ1n) is 7.87. The number of methoxy groups -OCH3 is 1. The zero-order valence-corrected chi connectivity index (χ0v) is 13.9. The Morgan fingerprint density at radius 3 is 2.67 bits per heavy atom. The van der Waals surface area contributed by atoms with Gasteiger partial charge < -0.3 is 19.9 Å². The number of rotatable bonds is 4. The fraction of sp³-hybridized carbons (Fsp3) is 0.353. The highest BCUT2D eigenvalue weighted by Gasteiger charge is 2.16. The van der Waals surface area contributed by atoms with Crippen molar-refractivity contribution in [2.24, 2.45) is 0 Å². The number of nitrogens with zero attached hydrogens (tertiary/aromatic N) is 4. The standard InChI is InChI=1S/C17H21N5O2/c1-21-7-9-22(10-8-21)16-11-15(18-12-19-16)20-14-6-4-3-5-13(14)17(23)24-2/h3-6,11-12H,7-10H2,1-2H3,(H,18,19,20). The Morgan fingerprint density at radius 1 is 1.17 bits per heavy atom. The summed E-state index contributed by atoms with van der Waals surface area (Å²) in [6, 6.07) is 9.10. The Kier molecular flexibility index (Phi) is 4.90. The summed E-state index contributed by atoms with van der Waals surface area (Å²) in [7, 11) is 3.49. The Hall–Kier alpha value is -2.67. The van der Waals surface area contributed by atoms with Crippen molar-refractivity contribution < 1.29 is 9.53 Å². The van der Waals surface area contributed by atoms with Crippen LogP contribution < -0.4 is 10.2 Å². The van der Waals surface area contributed by atoms with Crippen LogP contribution in [-0.2, 0) is 4.74 Å². The zero-order chi connectivity index (χ0) is 16.9. The van der Waals surface area contributed by atoms with Gasteiger partial charge in [0.15, 0.2) is 0 Å². The molecule has 0 saturated carbocycles. The molecule has 0 amide bonds. The number of ether oxygens (including phenoxy) is 1. The lowest BCUT2D eigenvalue weighted by atomic mass is 10.2. The van der Waals surface area contributed by atoms with Crippen molar-refractivity contribution >= 4 is 23.3 Å². The maximum absolute atomic E-state index is 11.9. The minimum Gasteiger partial charge on any atom is -0.465 e. The molecule has 24 heavy (non-hydrogen) atoms. The van der Waals surface area contributed by atoms with E-state index < -0.39 is 0 Å². The Labute approximate surface area is 141 Å². The molecule has 1 fully saturated rings. The van der Waals surface area contributed by atoms with E-state index in [2.05, 4.69) is 32.1 Å². The molecule has 2 heterocycles. The third-order valence-corrected chi connectivity index (χ3v) is 4.08. The molecule has 7 nitrogen and oxygen atoms in total. The number of piperazine rings is 1. The van der Waals surface area contributed by atoms with E-state index in [1.165, 1.54) is 13.4 Å². The van der Waals surface area contributed by atoms with E-state index in [4.69, 9.17) is 4.74 Å². The zero-order valence-electron chi connectivity index (χ0n) is 13.9. The van der Waals surface area contributed by atoms with Crippen molar-refractivity contribution in [1.29, 1.82) is 0 Å². The number of esters is 1. The van der Waals surface area contributed by atoms with E-state index in [0.29, 0.717) is 17.1 Å². The Morgan fingerprint density at radius 2 is 1.92 bits per heavy atom. The van der Waals surface area contributed by atoms with Gasteiger partial charge in [-0.3, -0.25) is 0 Å². The van der Waals surface area contributed by atoms with E-state index in [0.717, 1.165) is 32.0 Å². The summed E-state index contributed by atoms with van der Waals surface area (Å²) in [4.78, 5) is 25.0. The molecule has 0 unspecified atom stereocenters. The molecular formula is C17H21N5O2. The van der Waals surface area contributed by atoms with Crippen LogP contribution in [0.5, 0.6) is 0 Å². The molecule has 0 atom stereocenters. The maximum Gasteiger partial charge on any atom is 0.339 e. The molecule has 1 aromatic carbocycles. The molecule has 1 aromatic heterocycles. The predicted octanol–water partition coefficient (Wildman–Crippen LogP) is 1.76. The number of carbonyl (C=O) groups is 1. The van der Waals surface area contributed by atoms with Gasteiger partial charge in [0.25, 0.3) is 0 Å². The number of carbonyl (C=O) groups excluding carboxylic acids is 1. The van der Waals surface area contributed by atoms with Crippen LogP contribution in [0.25, 0.3) is 0 Å². The summed E-state index contributed by atoms with van der Waals surface area (Å²) < 4.78 is 4.82. The second kappa shape index (κ2) is 7.27. The quantitative estimate of drug-likeness (QED) is 0.858. The van der Waals surface area contributed by atoms with Crippen LogP contribution in [0.15, 0.2) is 36.7 Å². The molecule has 7 heteroatoms. The van der Waals surface area contributed by atoms with Crippen molar-refractivity contribution in [3.63, 3.8) is 0 Å². The normalized spacial score (nSPS) is 15.2. The van der Waals surface area contributed by atoms with Crippen LogP contribution in [0.2, 0.25) is 0 Å². The van der Waals surface area contributed by atoms with Crippen molar-refractivity contribution in [2.45, 2.75) is 0 Å². The molecule has 126 valence electrons. The largest absolute Gasteiger partial charge is 0.465 e.